The second-order valence-electron chi connectivity index (χ2n) is 7.04. The summed E-state index contributed by atoms with van der Waals surface area (Å²) in [6, 6.07) is 15.8. The second kappa shape index (κ2) is 5.94. The minimum Gasteiger partial charge on any atom is -0.0989 e. The third-order valence-corrected chi connectivity index (χ3v) is 5.62. The molecule has 1 unspecified atom stereocenters. The Kier molecular flexibility index (Phi) is 3.76. The fourth-order valence-electron chi connectivity index (χ4n) is 4.05. The standard InChI is InChI=1S/C24H24/c1-4-18-7-5-6-8-24(18)21-10-9-19(14-21)20-11-12-23-17(3)16(2)13-22(23)15-20/h5-12,15,17H,2,4,13-14H2,1,3H3. The van der Waals surface area contributed by atoms with Crippen molar-refractivity contribution in [2.45, 2.75) is 39.0 Å². The summed E-state index contributed by atoms with van der Waals surface area (Å²) in [5.41, 5.74) is 11.4. The van der Waals surface area contributed by atoms with Gasteiger partial charge in [0.05, 0.1) is 0 Å². The van der Waals surface area contributed by atoms with Crippen molar-refractivity contribution in [3.8, 4) is 0 Å². The molecule has 0 spiro atoms. The van der Waals surface area contributed by atoms with Crippen LogP contribution < -0.4 is 0 Å². The first-order valence-electron chi connectivity index (χ1n) is 8.96. The van der Waals surface area contributed by atoms with Gasteiger partial charge in [-0.3, -0.25) is 0 Å². The molecule has 0 saturated heterocycles. The van der Waals surface area contributed by atoms with Crippen LogP contribution in [0.15, 0.2) is 66.8 Å². The summed E-state index contributed by atoms with van der Waals surface area (Å²) in [4.78, 5) is 0. The van der Waals surface area contributed by atoms with Gasteiger partial charge in [0, 0.05) is 5.92 Å². The Morgan fingerprint density at radius 3 is 2.62 bits per heavy atom. The molecule has 0 aliphatic heterocycles. The number of hydrogen-bond acceptors (Lipinski definition) is 0. The van der Waals surface area contributed by atoms with Crippen molar-refractivity contribution < 1.29 is 0 Å². The van der Waals surface area contributed by atoms with Crippen LogP contribution in [-0.2, 0) is 12.8 Å². The first-order chi connectivity index (χ1) is 11.7. The SMILES string of the molecule is C=C1Cc2cc(C3=CC=C(c4ccccc4CC)C3)ccc2C1C. The fraction of sp³-hybridized carbons (Fsp3) is 0.250. The molecule has 0 bridgehead atoms. The van der Waals surface area contributed by atoms with Crippen molar-refractivity contribution in [2.75, 3.05) is 0 Å². The Bertz CT molecular complexity index is 877. The van der Waals surface area contributed by atoms with E-state index in [9.17, 15) is 0 Å². The molecule has 0 amide bonds. The van der Waals surface area contributed by atoms with E-state index in [0.717, 1.165) is 19.3 Å². The van der Waals surface area contributed by atoms with Crippen LogP contribution in [0.1, 0.15) is 54.0 Å². The molecular weight excluding hydrogens is 288 g/mol. The van der Waals surface area contributed by atoms with Crippen molar-refractivity contribution in [2.24, 2.45) is 0 Å². The highest BCUT2D eigenvalue weighted by atomic mass is 14.3. The zero-order valence-electron chi connectivity index (χ0n) is 14.6. The zero-order chi connectivity index (χ0) is 16.7. The van der Waals surface area contributed by atoms with Gasteiger partial charge in [-0.2, -0.15) is 0 Å². The Balaban J connectivity index is 1.59. The van der Waals surface area contributed by atoms with Crippen molar-refractivity contribution >= 4 is 11.1 Å². The predicted molar refractivity (Wildman–Crippen MR) is 104 cm³/mol. The molecule has 0 heteroatoms. The molecule has 2 aliphatic rings. The highest BCUT2D eigenvalue weighted by Crippen LogP contribution is 2.40. The van der Waals surface area contributed by atoms with Crippen LogP contribution in [0.4, 0.5) is 0 Å². The summed E-state index contributed by atoms with van der Waals surface area (Å²) >= 11 is 0. The lowest BCUT2D eigenvalue weighted by atomic mass is 9.93. The summed E-state index contributed by atoms with van der Waals surface area (Å²) < 4.78 is 0. The molecule has 24 heavy (non-hydrogen) atoms. The number of hydrogen-bond donors (Lipinski definition) is 0. The number of benzene rings is 2. The Hall–Kier alpha value is -2.34. The van der Waals surface area contributed by atoms with Gasteiger partial charge in [-0.05, 0) is 58.2 Å². The summed E-state index contributed by atoms with van der Waals surface area (Å²) in [7, 11) is 0. The fourth-order valence-corrected chi connectivity index (χ4v) is 4.05. The molecule has 2 aliphatic carbocycles. The largest absolute Gasteiger partial charge is 0.0989 e. The van der Waals surface area contributed by atoms with Crippen LogP contribution in [-0.4, -0.2) is 0 Å². The minimum absolute atomic E-state index is 0.511. The van der Waals surface area contributed by atoms with Crippen LogP contribution in [0.2, 0.25) is 0 Å². The molecule has 4 rings (SSSR count). The molecule has 1 atom stereocenters. The molecule has 0 saturated carbocycles. The summed E-state index contributed by atoms with van der Waals surface area (Å²) in [5, 5.41) is 0. The van der Waals surface area contributed by atoms with Crippen LogP contribution in [0, 0.1) is 0 Å². The first-order valence-corrected chi connectivity index (χ1v) is 8.96. The Labute approximate surface area is 145 Å². The average molecular weight is 312 g/mol. The second-order valence-corrected chi connectivity index (χ2v) is 7.04. The van der Waals surface area contributed by atoms with Gasteiger partial charge >= 0.3 is 0 Å². The van der Waals surface area contributed by atoms with E-state index in [0.29, 0.717) is 5.92 Å². The average Bonchev–Trinajstić information content (AvgIpc) is 3.20. The van der Waals surface area contributed by atoms with Gasteiger partial charge in [-0.15, -0.1) is 0 Å². The molecule has 0 radical (unpaired) electrons. The molecule has 2 aromatic rings. The quantitative estimate of drug-likeness (QED) is 0.580. The molecule has 2 aromatic carbocycles. The van der Waals surface area contributed by atoms with E-state index in [-0.39, 0.29) is 0 Å². The predicted octanol–water partition coefficient (Wildman–Crippen LogP) is 6.34. The van der Waals surface area contributed by atoms with Gasteiger partial charge < -0.3 is 0 Å². The van der Waals surface area contributed by atoms with E-state index in [1.54, 1.807) is 0 Å². The molecule has 0 N–H and O–H groups in total. The van der Waals surface area contributed by atoms with Gasteiger partial charge in [0.15, 0.2) is 0 Å². The van der Waals surface area contributed by atoms with E-state index >= 15 is 0 Å². The normalized spacial score (nSPS) is 19.2. The summed E-state index contributed by atoms with van der Waals surface area (Å²) in [5.74, 6) is 0.511. The minimum atomic E-state index is 0.511. The first kappa shape index (κ1) is 15.2. The van der Waals surface area contributed by atoms with Crippen LogP contribution in [0.5, 0.6) is 0 Å². The maximum Gasteiger partial charge on any atom is 0.00233 e. The van der Waals surface area contributed by atoms with E-state index in [2.05, 4.69) is 75.0 Å². The molecule has 0 heterocycles. The molecule has 0 aromatic heterocycles. The van der Waals surface area contributed by atoms with Crippen LogP contribution >= 0.6 is 0 Å². The monoisotopic (exact) mass is 312 g/mol. The molecule has 0 nitrogen and oxygen atoms in total. The van der Waals surface area contributed by atoms with Crippen molar-refractivity contribution in [1.82, 2.24) is 0 Å². The summed E-state index contributed by atoms with van der Waals surface area (Å²) in [6.45, 7) is 8.72. The van der Waals surface area contributed by atoms with Crippen molar-refractivity contribution in [3.05, 3.63) is 94.6 Å². The van der Waals surface area contributed by atoms with Gasteiger partial charge in [-0.1, -0.05) is 80.6 Å². The van der Waals surface area contributed by atoms with Gasteiger partial charge in [-0.25, -0.2) is 0 Å². The number of rotatable bonds is 3. The zero-order valence-corrected chi connectivity index (χ0v) is 14.6. The molecule has 0 fully saturated rings. The van der Waals surface area contributed by atoms with Gasteiger partial charge in [0.25, 0.3) is 0 Å². The van der Waals surface area contributed by atoms with Gasteiger partial charge in [0.1, 0.15) is 0 Å². The topological polar surface area (TPSA) is 0 Å². The van der Waals surface area contributed by atoms with Crippen molar-refractivity contribution in [1.29, 1.82) is 0 Å². The number of fused-ring (bicyclic) bond motifs is 1. The molecule has 120 valence electrons. The van der Waals surface area contributed by atoms with Crippen LogP contribution in [0.3, 0.4) is 0 Å². The lowest BCUT2D eigenvalue weighted by molar-refractivity contribution is 0.932. The Morgan fingerprint density at radius 1 is 1.00 bits per heavy atom. The highest BCUT2D eigenvalue weighted by molar-refractivity contribution is 5.87. The third kappa shape index (κ3) is 2.47. The van der Waals surface area contributed by atoms with Crippen molar-refractivity contribution in [3.63, 3.8) is 0 Å². The Morgan fingerprint density at radius 2 is 1.79 bits per heavy atom. The van der Waals surface area contributed by atoms with Gasteiger partial charge in [0.2, 0.25) is 0 Å². The lowest BCUT2D eigenvalue weighted by Gasteiger charge is -2.11. The maximum atomic E-state index is 4.22. The number of allylic oxidation sites excluding steroid dienone is 5. The summed E-state index contributed by atoms with van der Waals surface area (Å²) in [6.07, 6.45) is 7.76. The van der Waals surface area contributed by atoms with E-state index in [1.165, 1.54) is 44.5 Å². The smallest absolute Gasteiger partial charge is 0.00233 e. The third-order valence-electron chi connectivity index (χ3n) is 5.62. The molecular formula is C24H24. The highest BCUT2D eigenvalue weighted by Gasteiger charge is 2.23. The van der Waals surface area contributed by atoms with Crippen LogP contribution in [0.25, 0.3) is 11.1 Å². The lowest BCUT2D eigenvalue weighted by Crippen LogP contribution is -1.92. The van der Waals surface area contributed by atoms with E-state index in [4.69, 9.17) is 0 Å². The van der Waals surface area contributed by atoms with E-state index < -0.39 is 0 Å². The number of aryl methyl sites for hydroxylation is 1. The van der Waals surface area contributed by atoms with E-state index in [1.807, 2.05) is 0 Å². The maximum absolute atomic E-state index is 4.22.